The van der Waals surface area contributed by atoms with Crippen molar-refractivity contribution >= 4 is 22.0 Å². The molecular weight excluding hydrogens is 420 g/mol. The number of amides is 1. The average Bonchev–Trinajstić information content (AvgIpc) is 2.69. The second kappa shape index (κ2) is 12.2. The van der Waals surface area contributed by atoms with Crippen molar-refractivity contribution in [3.05, 3.63) is 41.4 Å². The second-order valence-electron chi connectivity index (χ2n) is 7.49. The van der Waals surface area contributed by atoms with Gasteiger partial charge in [-0.25, -0.2) is 4.79 Å². The van der Waals surface area contributed by atoms with Crippen molar-refractivity contribution in [1.82, 2.24) is 9.80 Å². The normalized spacial score (nSPS) is 19.4. The van der Waals surface area contributed by atoms with Crippen LogP contribution < -0.4 is 4.74 Å². The minimum absolute atomic E-state index is 0.218. The van der Waals surface area contributed by atoms with Gasteiger partial charge in [0.25, 0.3) is 0 Å². The van der Waals surface area contributed by atoms with E-state index in [0.29, 0.717) is 11.9 Å². The Balaban J connectivity index is 1.62. The molecule has 0 aromatic heterocycles. The van der Waals surface area contributed by atoms with Crippen LogP contribution in [-0.2, 0) is 4.74 Å². The molecule has 1 aliphatic carbocycles. The van der Waals surface area contributed by atoms with Gasteiger partial charge >= 0.3 is 6.09 Å². The van der Waals surface area contributed by atoms with Gasteiger partial charge in [0, 0.05) is 30.7 Å². The molecule has 0 radical (unpaired) electrons. The number of benzene rings is 1. The number of ether oxygens (including phenoxy) is 2. The molecule has 1 aromatic carbocycles. The molecule has 0 aliphatic heterocycles. The maximum atomic E-state index is 12.4. The van der Waals surface area contributed by atoms with Crippen LogP contribution in [0.2, 0.25) is 0 Å². The van der Waals surface area contributed by atoms with E-state index in [-0.39, 0.29) is 12.1 Å². The van der Waals surface area contributed by atoms with Crippen molar-refractivity contribution in [2.45, 2.75) is 50.7 Å². The maximum Gasteiger partial charge on any atom is 0.415 e. The first-order valence-electron chi connectivity index (χ1n) is 10.1. The zero-order valence-corrected chi connectivity index (χ0v) is 18.7. The Morgan fingerprint density at radius 2 is 1.86 bits per heavy atom. The van der Waals surface area contributed by atoms with Gasteiger partial charge in [-0.15, -0.1) is 6.58 Å². The van der Waals surface area contributed by atoms with Crippen molar-refractivity contribution in [3.8, 4) is 5.75 Å². The van der Waals surface area contributed by atoms with Gasteiger partial charge in [0.05, 0.1) is 6.10 Å². The Hall–Kier alpha value is -1.37. The molecular formula is C22H33BrN2O3. The van der Waals surface area contributed by atoms with Gasteiger partial charge in [-0.3, -0.25) is 0 Å². The number of nitrogens with zero attached hydrogens (tertiary/aromatic N) is 2. The van der Waals surface area contributed by atoms with Crippen LogP contribution in [0.5, 0.6) is 5.75 Å². The fraction of sp³-hybridized carbons (Fsp3) is 0.591. The standard InChI is InChI=1S/C22H33BrN2O3/c1-4-15-24(2)16-5-6-17-27-20-13-9-19(10-14-20)25(3)22(26)28-21-11-7-18(23)8-12-21/h4,7-8,11-12,19-20H,1,5-6,9-10,13-17H2,2-3H3. The Kier molecular flexibility index (Phi) is 10.0. The van der Waals surface area contributed by atoms with E-state index in [1.54, 1.807) is 17.0 Å². The summed E-state index contributed by atoms with van der Waals surface area (Å²) in [6.45, 7) is 6.59. The third kappa shape index (κ3) is 7.94. The molecule has 0 bridgehead atoms. The van der Waals surface area contributed by atoms with Gasteiger partial charge in [-0.1, -0.05) is 22.0 Å². The first-order chi connectivity index (χ1) is 13.5. The van der Waals surface area contributed by atoms with E-state index < -0.39 is 0 Å². The molecule has 0 unspecified atom stereocenters. The summed E-state index contributed by atoms with van der Waals surface area (Å²) >= 11 is 3.38. The lowest BCUT2D eigenvalue weighted by atomic mass is 9.92. The number of hydrogen-bond donors (Lipinski definition) is 0. The number of rotatable bonds is 10. The van der Waals surface area contributed by atoms with Crippen LogP contribution in [-0.4, -0.2) is 61.8 Å². The lowest BCUT2D eigenvalue weighted by Gasteiger charge is -2.34. The van der Waals surface area contributed by atoms with Gasteiger partial charge < -0.3 is 19.3 Å². The fourth-order valence-corrected chi connectivity index (χ4v) is 3.73. The Morgan fingerprint density at radius 1 is 1.18 bits per heavy atom. The third-order valence-electron chi connectivity index (χ3n) is 5.23. The van der Waals surface area contributed by atoms with Crippen molar-refractivity contribution in [1.29, 1.82) is 0 Å². The molecule has 0 atom stereocenters. The van der Waals surface area contributed by atoms with Gasteiger partial charge in [-0.2, -0.15) is 0 Å². The van der Waals surface area contributed by atoms with E-state index in [2.05, 4.69) is 34.5 Å². The summed E-state index contributed by atoms with van der Waals surface area (Å²) in [5, 5.41) is 0. The highest BCUT2D eigenvalue weighted by molar-refractivity contribution is 9.10. The van der Waals surface area contributed by atoms with E-state index in [4.69, 9.17) is 9.47 Å². The molecule has 1 amide bonds. The zero-order chi connectivity index (χ0) is 20.4. The van der Waals surface area contributed by atoms with Crippen LogP contribution in [0.15, 0.2) is 41.4 Å². The Labute approximate surface area is 177 Å². The lowest BCUT2D eigenvalue weighted by Crippen LogP contribution is -2.42. The first kappa shape index (κ1) is 22.9. The molecule has 5 nitrogen and oxygen atoms in total. The SMILES string of the molecule is C=CCN(C)CCCCOC1CCC(N(C)C(=O)Oc2ccc(Br)cc2)CC1. The molecule has 156 valence electrons. The fourth-order valence-electron chi connectivity index (χ4n) is 3.47. The summed E-state index contributed by atoms with van der Waals surface area (Å²) in [6, 6.07) is 7.52. The van der Waals surface area contributed by atoms with E-state index in [0.717, 1.165) is 62.7 Å². The summed E-state index contributed by atoms with van der Waals surface area (Å²) in [4.78, 5) is 16.4. The first-order valence-corrected chi connectivity index (χ1v) is 10.9. The summed E-state index contributed by atoms with van der Waals surface area (Å²) in [7, 11) is 3.94. The van der Waals surface area contributed by atoms with Crippen LogP contribution >= 0.6 is 15.9 Å². The predicted molar refractivity (Wildman–Crippen MR) is 117 cm³/mol. The highest BCUT2D eigenvalue weighted by atomic mass is 79.9. The monoisotopic (exact) mass is 452 g/mol. The number of unbranched alkanes of at least 4 members (excludes halogenated alkanes) is 1. The summed E-state index contributed by atoms with van der Waals surface area (Å²) in [6.07, 6.45) is 8.09. The summed E-state index contributed by atoms with van der Waals surface area (Å²) < 4.78 is 12.5. The maximum absolute atomic E-state index is 12.4. The molecule has 28 heavy (non-hydrogen) atoms. The van der Waals surface area contributed by atoms with Crippen LogP contribution in [0.25, 0.3) is 0 Å². The quantitative estimate of drug-likeness (QED) is 0.365. The Morgan fingerprint density at radius 3 is 2.50 bits per heavy atom. The molecule has 6 heteroatoms. The second-order valence-corrected chi connectivity index (χ2v) is 8.41. The topological polar surface area (TPSA) is 42.0 Å². The van der Waals surface area contributed by atoms with E-state index in [1.807, 2.05) is 25.3 Å². The minimum Gasteiger partial charge on any atom is -0.410 e. The third-order valence-corrected chi connectivity index (χ3v) is 5.76. The van der Waals surface area contributed by atoms with E-state index in [9.17, 15) is 4.79 Å². The van der Waals surface area contributed by atoms with Crippen molar-refractivity contribution in [2.75, 3.05) is 33.8 Å². The van der Waals surface area contributed by atoms with Gasteiger partial charge in [0.15, 0.2) is 0 Å². The molecule has 1 saturated carbocycles. The molecule has 0 N–H and O–H groups in total. The van der Waals surface area contributed by atoms with Crippen molar-refractivity contribution < 1.29 is 14.3 Å². The largest absolute Gasteiger partial charge is 0.415 e. The van der Waals surface area contributed by atoms with Crippen LogP contribution in [0.1, 0.15) is 38.5 Å². The molecule has 1 aromatic rings. The number of hydrogen-bond acceptors (Lipinski definition) is 4. The number of carbonyl (C=O) groups excluding carboxylic acids is 1. The lowest BCUT2D eigenvalue weighted by molar-refractivity contribution is 0.0101. The van der Waals surface area contributed by atoms with Gasteiger partial charge in [-0.05, 0) is 76.4 Å². The van der Waals surface area contributed by atoms with Crippen LogP contribution in [0, 0.1) is 0 Å². The van der Waals surface area contributed by atoms with Crippen LogP contribution in [0.4, 0.5) is 4.79 Å². The predicted octanol–water partition coefficient (Wildman–Crippen LogP) is 5.11. The smallest absolute Gasteiger partial charge is 0.410 e. The molecule has 0 heterocycles. The molecule has 0 spiro atoms. The van der Waals surface area contributed by atoms with Crippen molar-refractivity contribution in [3.63, 3.8) is 0 Å². The Bertz CT molecular complexity index is 600. The molecule has 2 rings (SSSR count). The van der Waals surface area contributed by atoms with Gasteiger partial charge in [0.2, 0.25) is 0 Å². The minimum atomic E-state index is -0.296. The van der Waals surface area contributed by atoms with E-state index >= 15 is 0 Å². The van der Waals surface area contributed by atoms with E-state index in [1.165, 1.54) is 0 Å². The summed E-state index contributed by atoms with van der Waals surface area (Å²) in [5.41, 5.74) is 0. The molecule has 0 saturated heterocycles. The molecule has 1 fully saturated rings. The van der Waals surface area contributed by atoms with Gasteiger partial charge in [0.1, 0.15) is 5.75 Å². The van der Waals surface area contributed by atoms with Crippen LogP contribution in [0.3, 0.4) is 0 Å². The summed E-state index contributed by atoms with van der Waals surface area (Å²) in [5.74, 6) is 0.566. The number of likely N-dealkylation sites (N-methyl/N-ethyl adjacent to an activating group) is 1. The zero-order valence-electron chi connectivity index (χ0n) is 17.1. The highest BCUT2D eigenvalue weighted by Gasteiger charge is 2.27. The molecule has 1 aliphatic rings. The number of carbonyl (C=O) groups is 1. The average molecular weight is 453 g/mol. The van der Waals surface area contributed by atoms with Crippen molar-refractivity contribution in [2.24, 2.45) is 0 Å². The highest BCUT2D eigenvalue weighted by Crippen LogP contribution is 2.25. The number of halogens is 1.